The predicted octanol–water partition coefficient (Wildman–Crippen LogP) is 0.759. The van der Waals surface area contributed by atoms with E-state index in [0.717, 1.165) is 10.9 Å². The molecule has 2 aromatic rings. The zero-order chi connectivity index (χ0) is 10.1. The Morgan fingerprint density at radius 2 is 2.14 bits per heavy atom. The Kier molecular flexibility index (Phi) is 1.98. The number of fused-ring (bicyclic) bond motifs is 1. The Hall–Kier alpha value is -1.81. The average molecular weight is 190 g/mol. The first-order valence-corrected chi connectivity index (χ1v) is 4.24. The summed E-state index contributed by atoms with van der Waals surface area (Å²) in [6.07, 6.45) is 0. The molecular weight excluding hydrogens is 180 g/mol. The molecule has 0 aliphatic heterocycles. The monoisotopic (exact) mass is 190 g/mol. The lowest BCUT2D eigenvalue weighted by atomic mass is 10.1. The summed E-state index contributed by atoms with van der Waals surface area (Å²) in [6.45, 7) is -0.192. The van der Waals surface area contributed by atoms with Gasteiger partial charge in [0.05, 0.1) is 6.61 Å². The zero-order valence-corrected chi connectivity index (χ0v) is 7.45. The molecule has 1 heterocycles. The summed E-state index contributed by atoms with van der Waals surface area (Å²) in [5.41, 5.74) is 6.83. The Morgan fingerprint density at radius 1 is 1.43 bits per heavy atom. The molecule has 72 valence electrons. The first-order valence-electron chi connectivity index (χ1n) is 4.24. The highest BCUT2D eigenvalue weighted by molar-refractivity contribution is 6.00. The average Bonchev–Trinajstić information content (AvgIpc) is 2.56. The van der Waals surface area contributed by atoms with Gasteiger partial charge in [0.2, 0.25) is 0 Å². The van der Waals surface area contributed by atoms with Gasteiger partial charge in [0.25, 0.3) is 5.91 Å². The molecule has 0 unspecified atom stereocenters. The number of benzene rings is 1. The van der Waals surface area contributed by atoms with Gasteiger partial charge in [-0.15, -0.1) is 0 Å². The lowest BCUT2D eigenvalue weighted by Crippen LogP contribution is -2.13. The number of aliphatic hydroxyl groups is 1. The minimum atomic E-state index is -0.551. The van der Waals surface area contributed by atoms with Crippen LogP contribution in [0.3, 0.4) is 0 Å². The molecule has 4 nitrogen and oxygen atoms in total. The molecule has 0 fully saturated rings. The van der Waals surface area contributed by atoms with E-state index in [2.05, 4.69) is 4.98 Å². The molecule has 0 saturated heterocycles. The topological polar surface area (TPSA) is 79.1 Å². The summed E-state index contributed by atoms with van der Waals surface area (Å²) >= 11 is 0. The summed E-state index contributed by atoms with van der Waals surface area (Å²) in [5, 5.41) is 9.96. The van der Waals surface area contributed by atoms with Crippen molar-refractivity contribution in [3.8, 4) is 0 Å². The van der Waals surface area contributed by atoms with Gasteiger partial charge < -0.3 is 15.8 Å². The molecule has 0 aliphatic carbocycles. The van der Waals surface area contributed by atoms with Gasteiger partial charge >= 0.3 is 0 Å². The van der Waals surface area contributed by atoms with E-state index >= 15 is 0 Å². The minimum Gasteiger partial charge on any atom is -0.392 e. The van der Waals surface area contributed by atoms with Crippen LogP contribution >= 0.6 is 0 Å². The standard InChI is InChI=1S/C10H10N2O2/c11-10(14)9-7(5-13)6-3-1-2-4-8(6)12-9/h1-4,12-13H,5H2,(H2,11,14). The van der Waals surface area contributed by atoms with Crippen LogP contribution < -0.4 is 5.73 Å². The number of hydrogen-bond acceptors (Lipinski definition) is 2. The number of carbonyl (C=O) groups excluding carboxylic acids is 1. The molecule has 0 bridgehead atoms. The van der Waals surface area contributed by atoms with E-state index in [9.17, 15) is 4.79 Å². The molecule has 0 atom stereocenters. The Morgan fingerprint density at radius 3 is 2.79 bits per heavy atom. The van der Waals surface area contributed by atoms with Crippen LogP contribution in [0.25, 0.3) is 10.9 Å². The number of H-pyrrole nitrogens is 1. The van der Waals surface area contributed by atoms with E-state index in [1.54, 1.807) is 0 Å². The fourth-order valence-corrected chi connectivity index (χ4v) is 1.57. The Labute approximate surface area is 80.3 Å². The third-order valence-electron chi connectivity index (χ3n) is 2.22. The first kappa shape index (κ1) is 8.77. The largest absolute Gasteiger partial charge is 0.392 e. The molecule has 1 aromatic heterocycles. The second-order valence-electron chi connectivity index (χ2n) is 3.05. The van der Waals surface area contributed by atoms with Gasteiger partial charge in [-0.3, -0.25) is 4.79 Å². The van der Waals surface area contributed by atoms with Gasteiger partial charge in [-0.05, 0) is 6.07 Å². The Balaban J connectivity index is 2.78. The number of carbonyl (C=O) groups is 1. The predicted molar refractivity (Wildman–Crippen MR) is 52.7 cm³/mol. The van der Waals surface area contributed by atoms with Crippen LogP contribution in [0.1, 0.15) is 16.1 Å². The summed E-state index contributed by atoms with van der Waals surface area (Å²) < 4.78 is 0. The van der Waals surface area contributed by atoms with Crippen molar-refractivity contribution < 1.29 is 9.90 Å². The smallest absolute Gasteiger partial charge is 0.265 e. The third-order valence-corrected chi connectivity index (χ3v) is 2.22. The van der Waals surface area contributed by atoms with E-state index in [1.165, 1.54) is 0 Å². The molecule has 0 aliphatic rings. The molecular formula is C10H10N2O2. The van der Waals surface area contributed by atoms with Crippen LogP contribution in [0.2, 0.25) is 0 Å². The van der Waals surface area contributed by atoms with E-state index in [4.69, 9.17) is 10.8 Å². The molecule has 0 radical (unpaired) electrons. The number of aliphatic hydroxyl groups excluding tert-OH is 1. The minimum absolute atomic E-state index is 0.192. The summed E-state index contributed by atoms with van der Waals surface area (Å²) in [7, 11) is 0. The lowest BCUT2D eigenvalue weighted by Gasteiger charge is -1.95. The normalized spacial score (nSPS) is 10.6. The van der Waals surface area contributed by atoms with Crippen LogP contribution in [0.5, 0.6) is 0 Å². The van der Waals surface area contributed by atoms with Crippen molar-refractivity contribution in [2.75, 3.05) is 0 Å². The summed E-state index contributed by atoms with van der Waals surface area (Å²) in [6, 6.07) is 7.37. The number of primary amides is 1. The van der Waals surface area contributed by atoms with Crippen molar-refractivity contribution >= 4 is 16.8 Å². The highest BCUT2D eigenvalue weighted by Crippen LogP contribution is 2.21. The number of amides is 1. The maximum Gasteiger partial charge on any atom is 0.265 e. The van der Waals surface area contributed by atoms with E-state index < -0.39 is 5.91 Å². The SMILES string of the molecule is NC(=O)c1[nH]c2ccccc2c1CO. The van der Waals surface area contributed by atoms with Crippen molar-refractivity contribution in [2.45, 2.75) is 6.61 Å². The van der Waals surface area contributed by atoms with Crippen molar-refractivity contribution in [2.24, 2.45) is 5.73 Å². The number of nitrogens with one attached hydrogen (secondary N) is 1. The van der Waals surface area contributed by atoms with Crippen LogP contribution in [0.15, 0.2) is 24.3 Å². The van der Waals surface area contributed by atoms with Crippen LogP contribution in [0.4, 0.5) is 0 Å². The summed E-state index contributed by atoms with van der Waals surface area (Å²) in [4.78, 5) is 13.9. The fourth-order valence-electron chi connectivity index (χ4n) is 1.57. The Bertz CT molecular complexity index is 488. The number of aromatic nitrogens is 1. The van der Waals surface area contributed by atoms with E-state index in [-0.39, 0.29) is 12.3 Å². The number of aromatic amines is 1. The summed E-state index contributed by atoms with van der Waals surface area (Å²) in [5.74, 6) is -0.551. The van der Waals surface area contributed by atoms with Crippen molar-refractivity contribution in [3.05, 3.63) is 35.5 Å². The van der Waals surface area contributed by atoms with Gasteiger partial charge in [0.1, 0.15) is 5.69 Å². The number of rotatable bonds is 2. The third kappa shape index (κ3) is 1.16. The maximum absolute atomic E-state index is 11.0. The van der Waals surface area contributed by atoms with Crippen molar-refractivity contribution in [1.29, 1.82) is 0 Å². The highest BCUT2D eigenvalue weighted by atomic mass is 16.3. The molecule has 1 aromatic carbocycles. The van der Waals surface area contributed by atoms with E-state index in [1.807, 2.05) is 24.3 Å². The van der Waals surface area contributed by atoms with Crippen LogP contribution in [-0.4, -0.2) is 16.0 Å². The van der Waals surface area contributed by atoms with E-state index in [0.29, 0.717) is 5.56 Å². The van der Waals surface area contributed by atoms with Gasteiger partial charge in [0, 0.05) is 16.5 Å². The highest BCUT2D eigenvalue weighted by Gasteiger charge is 2.13. The quantitative estimate of drug-likeness (QED) is 0.653. The fraction of sp³-hybridized carbons (Fsp3) is 0.100. The zero-order valence-electron chi connectivity index (χ0n) is 7.45. The van der Waals surface area contributed by atoms with Crippen molar-refractivity contribution in [3.63, 3.8) is 0 Å². The molecule has 4 heteroatoms. The number of para-hydroxylation sites is 1. The molecule has 1 amide bonds. The number of hydrogen-bond donors (Lipinski definition) is 3. The van der Waals surface area contributed by atoms with Crippen molar-refractivity contribution in [1.82, 2.24) is 4.98 Å². The molecule has 0 spiro atoms. The molecule has 2 rings (SSSR count). The lowest BCUT2D eigenvalue weighted by molar-refractivity contribution is 0.0993. The van der Waals surface area contributed by atoms with Gasteiger partial charge in [-0.2, -0.15) is 0 Å². The number of nitrogens with two attached hydrogens (primary N) is 1. The first-order chi connectivity index (χ1) is 6.74. The maximum atomic E-state index is 11.0. The molecule has 14 heavy (non-hydrogen) atoms. The van der Waals surface area contributed by atoms with Gasteiger partial charge in [-0.1, -0.05) is 18.2 Å². The van der Waals surface area contributed by atoms with Gasteiger partial charge in [-0.25, -0.2) is 0 Å². The second-order valence-corrected chi connectivity index (χ2v) is 3.05. The van der Waals surface area contributed by atoms with Crippen LogP contribution in [-0.2, 0) is 6.61 Å². The molecule has 4 N–H and O–H groups in total. The molecule has 0 saturated carbocycles. The van der Waals surface area contributed by atoms with Crippen LogP contribution in [0, 0.1) is 0 Å². The second kappa shape index (κ2) is 3.16. The van der Waals surface area contributed by atoms with Gasteiger partial charge in [0.15, 0.2) is 0 Å².